The van der Waals surface area contributed by atoms with Crippen molar-refractivity contribution in [3.05, 3.63) is 76.3 Å². The van der Waals surface area contributed by atoms with E-state index in [1.165, 1.54) is 31.5 Å². The van der Waals surface area contributed by atoms with Crippen molar-refractivity contribution >= 4 is 44.3 Å². The number of nitrogens with one attached hydrogen (secondary N) is 1. The van der Waals surface area contributed by atoms with E-state index < -0.39 is 27.4 Å². The number of nitrogens with zero attached hydrogens (tertiary/aromatic N) is 3. The van der Waals surface area contributed by atoms with Crippen LogP contribution in [-0.4, -0.2) is 45.4 Å². The van der Waals surface area contributed by atoms with Crippen molar-refractivity contribution in [3.63, 3.8) is 0 Å². The summed E-state index contributed by atoms with van der Waals surface area (Å²) < 4.78 is 30.7. The lowest BCUT2D eigenvalue weighted by atomic mass is 10.1. The molecular weight excluding hydrogens is 436 g/mol. The smallest absolute Gasteiger partial charge is 0.311 e. The predicted molar refractivity (Wildman–Crippen MR) is 122 cm³/mol. The topological polar surface area (TPSA) is 131 Å². The lowest BCUT2D eigenvalue weighted by molar-refractivity contribution is -0.385. The summed E-state index contributed by atoms with van der Waals surface area (Å²) in [6, 6.07) is 16.6. The molecule has 0 radical (unpaired) electrons. The number of benzene rings is 3. The fourth-order valence-electron chi connectivity index (χ4n) is 3.08. The van der Waals surface area contributed by atoms with Crippen LogP contribution in [0.5, 0.6) is 5.75 Å². The maximum absolute atomic E-state index is 12.4. The number of carbonyl (C=O) groups excluding carboxylic acids is 1. The van der Waals surface area contributed by atoms with Gasteiger partial charge in [-0.1, -0.05) is 36.4 Å². The maximum atomic E-state index is 12.4. The van der Waals surface area contributed by atoms with Gasteiger partial charge in [-0.3, -0.25) is 19.2 Å². The van der Waals surface area contributed by atoms with Crippen LogP contribution < -0.4 is 14.5 Å². The first-order chi connectivity index (χ1) is 15.2. The molecule has 0 aliphatic carbocycles. The number of methoxy groups -OCH3 is 1. The second-order valence-corrected chi connectivity index (χ2v) is 8.66. The third kappa shape index (κ3) is 5.19. The van der Waals surface area contributed by atoms with E-state index in [9.17, 15) is 23.3 Å². The number of anilines is 1. The zero-order chi connectivity index (χ0) is 23.3. The number of nitro benzene ring substituents is 1. The molecule has 3 aromatic rings. The van der Waals surface area contributed by atoms with Gasteiger partial charge in [-0.2, -0.15) is 5.10 Å². The Morgan fingerprint density at radius 2 is 1.91 bits per heavy atom. The highest BCUT2D eigenvalue weighted by Gasteiger charge is 2.22. The Balaban J connectivity index is 1.79. The van der Waals surface area contributed by atoms with Gasteiger partial charge in [0.2, 0.25) is 10.0 Å². The largest absolute Gasteiger partial charge is 0.490 e. The van der Waals surface area contributed by atoms with E-state index in [4.69, 9.17) is 4.74 Å². The average Bonchev–Trinajstić information content (AvgIpc) is 2.76. The summed E-state index contributed by atoms with van der Waals surface area (Å²) in [6.45, 7) is -0.493. The van der Waals surface area contributed by atoms with Crippen molar-refractivity contribution in [1.82, 2.24) is 5.43 Å². The number of hydrogen-bond acceptors (Lipinski definition) is 7. The highest BCUT2D eigenvalue weighted by molar-refractivity contribution is 7.92. The van der Waals surface area contributed by atoms with E-state index in [1.807, 2.05) is 18.2 Å². The van der Waals surface area contributed by atoms with E-state index in [0.29, 0.717) is 16.6 Å². The van der Waals surface area contributed by atoms with Crippen LogP contribution in [0.4, 0.5) is 11.4 Å². The lowest BCUT2D eigenvalue weighted by Crippen LogP contribution is -2.39. The van der Waals surface area contributed by atoms with Crippen LogP contribution in [-0.2, 0) is 14.8 Å². The summed E-state index contributed by atoms with van der Waals surface area (Å²) in [6.07, 6.45) is 2.23. The SMILES string of the molecule is COc1ccc(/C=N\NC(=O)CN(c2cccc3ccccc23)S(C)(=O)=O)cc1[N+](=O)[O-]. The molecule has 0 aromatic heterocycles. The normalized spacial score (nSPS) is 11.4. The molecule has 0 fully saturated rings. The Labute approximate surface area is 184 Å². The molecule has 0 aliphatic rings. The number of sulfonamides is 1. The van der Waals surface area contributed by atoms with Gasteiger partial charge in [0.05, 0.1) is 30.2 Å². The Morgan fingerprint density at radius 1 is 1.19 bits per heavy atom. The maximum Gasteiger partial charge on any atom is 0.311 e. The number of hydrazone groups is 1. The molecule has 0 heterocycles. The molecule has 3 rings (SSSR count). The molecular formula is C21H20N4O6S. The number of hydrogen-bond donors (Lipinski definition) is 1. The summed E-state index contributed by atoms with van der Waals surface area (Å²) >= 11 is 0. The Bertz CT molecular complexity index is 1300. The van der Waals surface area contributed by atoms with Crippen molar-refractivity contribution < 1.29 is 22.9 Å². The zero-order valence-electron chi connectivity index (χ0n) is 17.3. The Hall–Kier alpha value is -3.99. The van der Waals surface area contributed by atoms with Crippen molar-refractivity contribution in [2.45, 2.75) is 0 Å². The fourth-order valence-corrected chi connectivity index (χ4v) is 3.95. The molecule has 1 N–H and O–H groups in total. The summed E-state index contributed by atoms with van der Waals surface area (Å²) in [5.41, 5.74) is 2.73. The molecule has 0 saturated heterocycles. The van der Waals surface area contributed by atoms with Gasteiger partial charge in [-0.15, -0.1) is 0 Å². The molecule has 11 heteroatoms. The molecule has 0 aliphatic heterocycles. The van der Waals surface area contributed by atoms with Crippen molar-refractivity contribution in [3.8, 4) is 5.75 Å². The van der Waals surface area contributed by atoms with Gasteiger partial charge in [-0.25, -0.2) is 13.8 Å². The number of amides is 1. The summed E-state index contributed by atoms with van der Waals surface area (Å²) in [7, 11) is -2.45. The molecule has 1 amide bonds. The minimum atomic E-state index is -3.77. The number of nitro groups is 1. The van der Waals surface area contributed by atoms with Gasteiger partial charge in [0.1, 0.15) is 6.54 Å². The third-order valence-corrected chi connectivity index (χ3v) is 5.65. The second-order valence-electron chi connectivity index (χ2n) is 6.75. The number of carbonyl (C=O) groups is 1. The number of ether oxygens (including phenoxy) is 1. The summed E-state index contributed by atoms with van der Waals surface area (Å²) in [4.78, 5) is 22.9. The first-order valence-electron chi connectivity index (χ1n) is 9.30. The van der Waals surface area contributed by atoms with Crippen molar-refractivity contribution in [2.24, 2.45) is 5.10 Å². The van der Waals surface area contributed by atoms with E-state index in [1.54, 1.807) is 24.3 Å². The molecule has 3 aromatic carbocycles. The standard InChI is InChI=1S/C21H20N4O6S/c1-31-20-11-10-15(12-19(20)25(27)28)13-22-23-21(26)14-24(32(2,29)30)18-9-5-7-16-6-3-4-8-17(16)18/h3-13H,14H2,1-2H3,(H,23,26)/b22-13-. The molecule has 0 saturated carbocycles. The molecule has 32 heavy (non-hydrogen) atoms. The van der Waals surface area contributed by atoms with Gasteiger partial charge < -0.3 is 4.74 Å². The van der Waals surface area contributed by atoms with E-state index in [-0.39, 0.29) is 11.4 Å². The van der Waals surface area contributed by atoms with Gasteiger partial charge in [-0.05, 0) is 23.6 Å². The van der Waals surface area contributed by atoms with Crippen LogP contribution in [0.2, 0.25) is 0 Å². The van der Waals surface area contributed by atoms with Crippen LogP contribution in [0.3, 0.4) is 0 Å². The number of rotatable bonds is 8. The van der Waals surface area contributed by atoms with Gasteiger partial charge in [0.15, 0.2) is 5.75 Å². The minimum absolute atomic E-state index is 0.0927. The van der Waals surface area contributed by atoms with Crippen LogP contribution >= 0.6 is 0 Å². The molecule has 0 atom stereocenters. The lowest BCUT2D eigenvalue weighted by Gasteiger charge is -2.23. The van der Waals surface area contributed by atoms with Crippen molar-refractivity contribution in [1.29, 1.82) is 0 Å². The van der Waals surface area contributed by atoms with Gasteiger partial charge >= 0.3 is 5.69 Å². The molecule has 0 spiro atoms. The predicted octanol–water partition coefficient (Wildman–Crippen LogP) is 2.67. The first kappa shape index (κ1) is 22.7. The molecule has 10 nitrogen and oxygen atoms in total. The third-order valence-electron chi connectivity index (χ3n) is 4.53. The highest BCUT2D eigenvalue weighted by atomic mass is 32.2. The minimum Gasteiger partial charge on any atom is -0.490 e. The number of fused-ring (bicyclic) bond motifs is 1. The fraction of sp³-hybridized carbons (Fsp3) is 0.143. The quantitative estimate of drug-likeness (QED) is 0.315. The van der Waals surface area contributed by atoms with Crippen LogP contribution in [0.1, 0.15) is 5.56 Å². The average molecular weight is 456 g/mol. The first-order valence-corrected chi connectivity index (χ1v) is 11.2. The van der Waals surface area contributed by atoms with E-state index in [2.05, 4.69) is 10.5 Å². The van der Waals surface area contributed by atoms with Gasteiger partial charge in [0.25, 0.3) is 5.91 Å². The molecule has 0 unspecified atom stereocenters. The Morgan fingerprint density at radius 3 is 2.59 bits per heavy atom. The van der Waals surface area contributed by atoms with Crippen molar-refractivity contribution in [2.75, 3.05) is 24.2 Å². The summed E-state index contributed by atoms with van der Waals surface area (Å²) in [5, 5.41) is 16.4. The van der Waals surface area contributed by atoms with E-state index in [0.717, 1.165) is 15.9 Å². The molecule has 0 bridgehead atoms. The second kappa shape index (κ2) is 9.43. The van der Waals surface area contributed by atoms with E-state index >= 15 is 0 Å². The van der Waals surface area contributed by atoms with Gasteiger partial charge in [0, 0.05) is 17.0 Å². The van der Waals surface area contributed by atoms with Crippen LogP contribution in [0.25, 0.3) is 10.8 Å². The monoisotopic (exact) mass is 456 g/mol. The summed E-state index contributed by atoms with van der Waals surface area (Å²) in [5.74, 6) is -0.585. The van der Waals surface area contributed by atoms with Crippen LogP contribution in [0, 0.1) is 10.1 Å². The Kier molecular flexibility index (Phi) is 6.69. The van der Waals surface area contributed by atoms with Crippen LogP contribution in [0.15, 0.2) is 65.8 Å². The zero-order valence-corrected chi connectivity index (χ0v) is 18.1. The molecule has 166 valence electrons. The highest BCUT2D eigenvalue weighted by Crippen LogP contribution is 2.28.